The van der Waals surface area contributed by atoms with Crippen molar-refractivity contribution in [3.05, 3.63) is 41.5 Å². The number of aliphatic imine (C=N–C) groups is 1. The van der Waals surface area contributed by atoms with Gasteiger partial charge in [0.05, 0.1) is 0 Å². The molecule has 0 bridgehead atoms. The third kappa shape index (κ3) is 2.42. The van der Waals surface area contributed by atoms with Crippen molar-refractivity contribution in [2.45, 2.75) is 20.3 Å². The minimum absolute atomic E-state index is 0. The molecular weight excluding hydrogens is 342 g/mol. The van der Waals surface area contributed by atoms with Gasteiger partial charge < -0.3 is 4.99 Å². The Labute approximate surface area is 99.2 Å². The van der Waals surface area contributed by atoms with Crippen molar-refractivity contribution in [2.24, 2.45) is 4.99 Å². The molecule has 1 aliphatic heterocycles. The molecule has 0 saturated heterocycles. The molecule has 0 saturated carbocycles. The molecular formula is C12H11NW. The number of nitrogens with zero attached hydrogens (tertiary/aromatic N) is 1. The molecule has 1 aromatic rings. The minimum atomic E-state index is 0. The van der Waals surface area contributed by atoms with Gasteiger partial charge in [0, 0.05) is 0 Å². The Kier molecular flexibility index (Phi) is 3.83. The van der Waals surface area contributed by atoms with Crippen molar-refractivity contribution < 1.29 is 21.1 Å². The predicted molar refractivity (Wildman–Crippen MR) is 54.4 cm³/mol. The maximum atomic E-state index is 4.38. The first-order valence-electron chi connectivity index (χ1n) is 4.39. The fourth-order valence-electron chi connectivity index (χ4n) is 1.29. The summed E-state index contributed by atoms with van der Waals surface area (Å²) < 4.78 is 0. The molecule has 0 atom stereocenters. The van der Waals surface area contributed by atoms with Gasteiger partial charge in [0.25, 0.3) is 0 Å². The number of aryl methyl sites for hydroxylation is 1. The number of allylic oxidation sites excluding steroid dienone is 1. The fourth-order valence-corrected chi connectivity index (χ4v) is 1.29. The zero-order chi connectivity index (χ0) is 9.26. The minimum Gasteiger partial charge on any atom is -0.346 e. The van der Waals surface area contributed by atoms with Crippen LogP contribution in [0.15, 0.2) is 23.2 Å². The summed E-state index contributed by atoms with van der Waals surface area (Å²) in [7, 11) is 0. The van der Waals surface area contributed by atoms with E-state index in [1.807, 2.05) is 19.1 Å². The van der Waals surface area contributed by atoms with Crippen molar-refractivity contribution in [3.63, 3.8) is 0 Å². The van der Waals surface area contributed by atoms with Crippen LogP contribution in [0.25, 0.3) is 5.70 Å². The molecule has 2 rings (SSSR count). The largest absolute Gasteiger partial charge is 2.00 e. The van der Waals surface area contributed by atoms with E-state index in [-0.39, 0.29) is 21.1 Å². The normalized spacial score (nSPS) is 14.4. The van der Waals surface area contributed by atoms with E-state index in [9.17, 15) is 0 Å². The van der Waals surface area contributed by atoms with E-state index in [0.29, 0.717) is 0 Å². The van der Waals surface area contributed by atoms with Crippen LogP contribution in [0.4, 0.5) is 0 Å². The molecule has 1 aromatic carbocycles. The first kappa shape index (κ1) is 11.4. The Morgan fingerprint density at radius 2 is 2.07 bits per heavy atom. The summed E-state index contributed by atoms with van der Waals surface area (Å²) in [5, 5.41) is 0. The summed E-state index contributed by atoms with van der Waals surface area (Å²) >= 11 is 0. The number of hydrogen-bond acceptors (Lipinski definition) is 1. The molecule has 0 fully saturated rings. The Balaban J connectivity index is 0.000000980. The third-order valence-electron chi connectivity index (χ3n) is 2.04. The molecule has 0 spiro atoms. The van der Waals surface area contributed by atoms with Crippen molar-refractivity contribution in [2.75, 3.05) is 0 Å². The summed E-state index contributed by atoms with van der Waals surface area (Å²) in [6.07, 6.45) is 4.08. The second kappa shape index (κ2) is 4.70. The number of hydrogen-bond donors (Lipinski definition) is 0. The van der Waals surface area contributed by atoms with Crippen molar-refractivity contribution >= 4 is 11.4 Å². The van der Waals surface area contributed by atoms with E-state index in [4.69, 9.17) is 0 Å². The van der Waals surface area contributed by atoms with Crippen LogP contribution in [0.2, 0.25) is 0 Å². The van der Waals surface area contributed by atoms with Gasteiger partial charge in [-0.2, -0.15) is 17.8 Å². The van der Waals surface area contributed by atoms with E-state index >= 15 is 0 Å². The quantitative estimate of drug-likeness (QED) is 0.689. The van der Waals surface area contributed by atoms with E-state index < -0.39 is 0 Å². The molecule has 0 radical (unpaired) electrons. The monoisotopic (exact) mass is 353 g/mol. The Hall–Kier alpha value is -0.682. The van der Waals surface area contributed by atoms with Crippen LogP contribution in [0.3, 0.4) is 0 Å². The topological polar surface area (TPSA) is 12.4 Å². The Morgan fingerprint density at radius 3 is 2.57 bits per heavy atom. The molecule has 1 aliphatic rings. The first-order chi connectivity index (χ1) is 6.25. The van der Waals surface area contributed by atoms with E-state index in [0.717, 1.165) is 23.4 Å². The van der Waals surface area contributed by atoms with Gasteiger partial charge in [-0.3, -0.25) is 11.6 Å². The molecule has 0 amide bonds. The summed E-state index contributed by atoms with van der Waals surface area (Å²) in [6.45, 7) is 4.08. The SMILES string of the molecule is CC1=NC(c2[c-]cc(C)cc2)=[C-]C1.[W+2]. The van der Waals surface area contributed by atoms with Crippen LogP contribution < -0.4 is 0 Å². The summed E-state index contributed by atoms with van der Waals surface area (Å²) in [4.78, 5) is 4.38. The first-order valence-corrected chi connectivity index (χ1v) is 4.39. The zero-order valence-electron chi connectivity index (χ0n) is 8.29. The van der Waals surface area contributed by atoms with Gasteiger partial charge in [-0.05, 0) is 12.6 Å². The second-order valence-electron chi connectivity index (χ2n) is 3.33. The summed E-state index contributed by atoms with van der Waals surface area (Å²) in [5.41, 5.74) is 4.34. The van der Waals surface area contributed by atoms with Gasteiger partial charge in [-0.25, -0.2) is 12.1 Å². The van der Waals surface area contributed by atoms with E-state index in [1.165, 1.54) is 5.56 Å². The third-order valence-corrected chi connectivity index (χ3v) is 2.04. The van der Waals surface area contributed by atoms with E-state index in [1.54, 1.807) is 0 Å². The van der Waals surface area contributed by atoms with Crippen molar-refractivity contribution in [1.29, 1.82) is 0 Å². The number of benzene rings is 1. The smallest absolute Gasteiger partial charge is 0.346 e. The van der Waals surface area contributed by atoms with Crippen LogP contribution in [0, 0.1) is 19.1 Å². The van der Waals surface area contributed by atoms with Crippen LogP contribution in [0.5, 0.6) is 0 Å². The zero-order valence-corrected chi connectivity index (χ0v) is 11.2. The van der Waals surface area contributed by atoms with Crippen LogP contribution in [-0.4, -0.2) is 5.71 Å². The Morgan fingerprint density at radius 1 is 1.29 bits per heavy atom. The standard InChI is InChI=1S/C12H11N.W/c1-9-3-6-11(7-4-9)12-8-5-10(2)13-12;/h3-4,6H,5H2,1-2H3;/q-2;+2. The fraction of sp³-hybridized carbons (Fsp3) is 0.250. The van der Waals surface area contributed by atoms with Crippen molar-refractivity contribution in [3.8, 4) is 0 Å². The molecule has 1 heterocycles. The number of rotatable bonds is 1. The molecule has 0 N–H and O–H groups in total. The summed E-state index contributed by atoms with van der Waals surface area (Å²) in [5.74, 6) is 0. The van der Waals surface area contributed by atoms with Gasteiger partial charge in [0.1, 0.15) is 0 Å². The maximum absolute atomic E-state index is 4.38. The summed E-state index contributed by atoms with van der Waals surface area (Å²) in [6, 6.07) is 9.29. The van der Waals surface area contributed by atoms with Gasteiger partial charge in [-0.1, -0.05) is 13.3 Å². The molecule has 1 nitrogen and oxygen atoms in total. The molecule has 0 aromatic heterocycles. The van der Waals surface area contributed by atoms with Crippen LogP contribution in [0.1, 0.15) is 24.5 Å². The van der Waals surface area contributed by atoms with Gasteiger partial charge in [-0.15, -0.1) is 5.56 Å². The second-order valence-corrected chi connectivity index (χ2v) is 3.33. The van der Waals surface area contributed by atoms with Crippen molar-refractivity contribution in [1.82, 2.24) is 0 Å². The molecule has 70 valence electrons. The van der Waals surface area contributed by atoms with Gasteiger partial charge >= 0.3 is 21.1 Å². The van der Waals surface area contributed by atoms with Gasteiger partial charge in [0.2, 0.25) is 0 Å². The van der Waals surface area contributed by atoms with Crippen LogP contribution in [-0.2, 0) is 21.1 Å². The molecule has 0 unspecified atom stereocenters. The van der Waals surface area contributed by atoms with Crippen LogP contribution >= 0.6 is 0 Å². The van der Waals surface area contributed by atoms with E-state index in [2.05, 4.69) is 30.1 Å². The average Bonchev–Trinajstić information content (AvgIpc) is 2.53. The molecule has 0 aliphatic carbocycles. The molecule has 2 heteroatoms. The average molecular weight is 353 g/mol. The predicted octanol–water partition coefficient (Wildman–Crippen LogP) is 2.80. The van der Waals surface area contributed by atoms with Gasteiger partial charge in [0.15, 0.2) is 0 Å². The molecule has 14 heavy (non-hydrogen) atoms. The maximum Gasteiger partial charge on any atom is 2.00 e. The Bertz CT molecular complexity index is 374.